The minimum atomic E-state index is -5.37. The third-order valence-corrected chi connectivity index (χ3v) is 9.24. The van der Waals surface area contributed by atoms with Gasteiger partial charge in [-0.05, 0) is 92.9 Å². The van der Waals surface area contributed by atoms with Gasteiger partial charge in [0, 0.05) is 29.9 Å². The molecule has 2 unspecified atom stereocenters. The van der Waals surface area contributed by atoms with E-state index in [1.165, 1.54) is 19.9 Å². The predicted molar refractivity (Wildman–Crippen MR) is 173 cm³/mol. The van der Waals surface area contributed by atoms with Crippen LogP contribution in [0.2, 0.25) is 0 Å². The van der Waals surface area contributed by atoms with Crippen LogP contribution in [0.15, 0.2) is 35.3 Å². The number of likely N-dealkylation sites (tertiary alicyclic amines) is 1. The Morgan fingerprint density at radius 1 is 0.922 bits per heavy atom. The highest BCUT2D eigenvalue weighted by atomic mass is 19.4. The largest absolute Gasteiger partial charge is 0.481 e. The molecule has 1 saturated heterocycles. The summed E-state index contributed by atoms with van der Waals surface area (Å²) in [5, 5.41) is 11.9. The van der Waals surface area contributed by atoms with E-state index in [4.69, 9.17) is 0 Å². The van der Waals surface area contributed by atoms with Gasteiger partial charge in [0.15, 0.2) is 0 Å². The van der Waals surface area contributed by atoms with Crippen molar-refractivity contribution in [2.75, 3.05) is 19.6 Å². The van der Waals surface area contributed by atoms with Crippen LogP contribution in [0.5, 0.6) is 0 Å². The molecule has 4 rings (SSSR count). The van der Waals surface area contributed by atoms with Gasteiger partial charge in [-0.2, -0.15) is 26.3 Å². The first kappa shape index (κ1) is 39.5. The number of carbonyl (C=O) groups is 2. The summed E-state index contributed by atoms with van der Waals surface area (Å²) >= 11 is 0. The van der Waals surface area contributed by atoms with E-state index in [9.17, 15) is 45.8 Å². The van der Waals surface area contributed by atoms with Gasteiger partial charge in [0.1, 0.15) is 17.7 Å². The zero-order chi connectivity index (χ0) is 38.2. The van der Waals surface area contributed by atoms with Gasteiger partial charge in [0.25, 0.3) is 5.56 Å². The minimum Gasteiger partial charge on any atom is -0.481 e. The van der Waals surface area contributed by atoms with Crippen LogP contribution in [0.4, 0.5) is 35.1 Å². The number of carbonyl (C=O) groups excluding carboxylic acids is 1. The Balaban J connectivity index is 1.89. The summed E-state index contributed by atoms with van der Waals surface area (Å²) < 4.78 is 118. The number of carboxylic acid groups (broad SMARTS) is 1. The topological polar surface area (TPSA) is 91.6 Å². The first-order chi connectivity index (χ1) is 23.6. The van der Waals surface area contributed by atoms with Crippen molar-refractivity contribution in [1.29, 1.82) is 0 Å². The van der Waals surface area contributed by atoms with E-state index >= 15 is 8.78 Å². The van der Waals surface area contributed by atoms with Gasteiger partial charge in [-0.1, -0.05) is 26.0 Å². The summed E-state index contributed by atoms with van der Waals surface area (Å²) in [5.41, 5.74) is -5.35. The van der Waals surface area contributed by atoms with Crippen LogP contribution in [-0.4, -0.2) is 46.1 Å². The number of benzene rings is 2. The van der Waals surface area contributed by atoms with Crippen molar-refractivity contribution in [3.63, 3.8) is 0 Å². The Kier molecular flexibility index (Phi) is 11.7. The standard InChI is InChI=1S/C36H39F8N3O4/c1-18(2)13-27(47-17-22(9-12-46-10-6-11-46)24(15-28(47)48)35(39,40)41)34(51)45-26(16-29(49)50)31-32(37)23(14-25(33(31)38)36(42,43)44)30-20(4)8-7-19(3)21(30)5/h7-8,14-15,17-18,26-27H,6,9-13,16H2,1-5H3,(H,45,51)(H,49,50). The van der Waals surface area contributed by atoms with E-state index < -0.39 is 88.1 Å². The molecule has 2 aromatic carbocycles. The fraction of sp³-hybridized carbons (Fsp3) is 0.472. The van der Waals surface area contributed by atoms with Gasteiger partial charge in [0.05, 0.1) is 23.6 Å². The second-order valence-corrected chi connectivity index (χ2v) is 13.4. The Morgan fingerprint density at radius 2 is 1.53 bits per heavy atom. The van der Waals surface area contributed by atoms with Crippen molar-refractivity contribution in [2.45, 2.75) is 84.7 Å². The maximum Gasteiger partial charge on any atom is 0.419 e. The van der Waals surface area contributed by atoms with Gasteiger partial charge in [-0.3, -0.25) is 14.4 Å². The Labute approximate surface area is 289 Å². The monoisotopic (exact) mass is 729 g/mol. The molecule has 1 amide bonds. The Hall–Kier alpha value is -4.27. The van der Waals surface area contributed by atoms with Gasteiger partial charge < -0.3 is 19.9 Å². The fourth-order valence-electron chi connectivity index (χ4n) is 6.36. The van der Waals surface area contributed by atoms with Crippen LogP contribution >= 0.6 is 0 Å². The van der Waals surface area contributed by atoms with Crippen LogP contribution in [0.25, 0.3) is 11.1 Å². The number of nitrogens with one attached hydrogen (secondary N) is 1. The normalized spacial score (nSPS) is 15.1. The first-order valence-corrected chi connectivity index (χ1v) is 16.3. The lowest BCUT2D eigenvalue weighted by atomic mass is 9.87. The molecule has 0 aliphatic carbocycles. The van der Waals surface area contributed by atoms with Crippen molar-refractivity contribution < 1.29 is 49.8 Å². The van der Waals surface area contributed by atoms with Gasteiger partial charge in [0.2, 0.25) is 5.91 Å². The lowest BCUT2D eigenvalue weighted by Crippen LogP contribution is -2.41. The number of rotatable bonds is 12. The van der Waals surface area contributed by atoms with Crippen molar-refractivity contribution in [2.24, 2.45) is 5.92 Å². The number of nitrogens with zero attached hydrogens (tertiary/aromatic N) is 2. The number of aryl methyl sites for hydroxylation is 2. The second kappa shape index (κ2) is 15.1. The third kappa shape index (κ3) is 8.79. The van der Waals surface area contributed by atoms with Gasteiger partial charge in [-0.15, -0.1) is 0 Å². The van der Waals surface area contributed by atoms with Crippen molar-refractivity contribution in [1.82, 2.24) is 14.8 Å². The highest BCUT2D eigenvalue weighted by molar-refractivity contribution is 5.82. The van der Waals surface area contributed by atoms with E-state index in [1.54, 1.807) is 26.8 Å². The van der Waals surface area contributed by atoms with Gasteiger partial charge >= 0.3 is 18.3 Å². The summed E-state index contributed by atoms with van der Waals surface area (Å²) in [4.78, 5) is 41.1. The first-order valence-electron chi connectivity index (χ1n) is 16.3. The number of pyridine rings is 1. The molecule has 0 bridgehead atoms. The number of carboxylic acids is 1. The minimum absolute atomic E-state index is 0.0133. The average molecular weight is 730 g/mol. The molecule has 0 radical (unpaired) electrons. The number of aliphatic carboxylic acids is 1. The van der Waals surface area contributed by atoms with Crippen LogP contribution in [0, 0.1) is 38.3 Å². The van der Waals surface area contributed by atoms with Crippen LogP contribution < -0.4 is 10.9 Å². The summed E-state index contributed by atoms with van der Waals surface area (Å²) in [6, 6.07) is -0.0219. The molecule has 1 fully saturated rings. The zero-order valence-corrected chi connectivity index (χ0v) is 28.7. The summed E-state index contributed by atoms with van der Waals surface area (Å²) in [6.07, 6.45) is -10.1. The number of hydrogen-bond acceptors (Lipinski definition) is 4. The molecule has 51 heavy (non-hydrogen) atoms. The number of halogens is 8. The number of alkyl halides is 6. The molecule has 1 aliphatic rings. The maximum absolute atomic E-state index is 16.5. The smallest absolute Gasteiger partial charge is 0.419 e. The highest BCUT2D eigenvalue weighted by Crippen LogP contribution is 2.42. The summed E-state index contributed by atoms with van der Waals surface area (Å²) in [7, 11) is 0. The number of aromatic nitrogens is 1. The molecule has 2 N–H and O–H groups in total. The maximum atomic E-state index is 16.5. The van der Waals surface area contributed by atoms with Crippen molar-refractivity contribution >= 4 is 11.9 Å². The van der Waals surface area contributed by atoms with E-state index in [0.717, 1.165) is 17.2 Å². The van der Waals surface area contributed by atoms with Crippen LogP contribution in [0.3, 0.4) is 0 Å². The Bertz CT molecular complexity index is 1860. The second-order valence-electron chi connectivity index (χ2n) is 13.4. The summed E-state index contributed by atoms with van der Waals surface area (Å²) in [6.45, 7) is 9.51. The predicted octanol–water partition coefficient (Wildman–Crippen LogP) is 7.92. The van der Waals surface area contributed by atoms with Crippen LogP contribution in [0.1, 0.15) is 84.1 Å². The molecule has 7 nitrogen and oxygen atoms in total. The fourth-order valence-corrected chi connectivity index (χ4v) is 6.36. The molecule has 1 aromatic heterocycles. The molecular weight excluding hydrogens is 690 g/mol. The molecule has 15 heteroatoms. The van der Waals surface area contributed by atoms with Crippen molar-refractivity contribution in [3.05, 3.63) is 91.4 Å². The zero-order valence-electron chi connectivity index (χ0n) is 28.7. The molecule has 278 valence electrons. The molecule has 2 atom stereocenters. The molecule has 2 heterocycles. The lowest BCUT2D eigenvalue weighted by molar-refractivity contribution is -0.140. The van der Waals surface area contributed by atoms with E-state index in [0.29, 0.717) is 41.9 Å². The summed E-state index contributed by atoms with van der Waals surface area (Å²) in [5.74, 6) is -7.05. The molecule has 1 aliphatic heterocycles. The van der Waals surface area contributed by atoms with E-state index in [-0.39, 0.29) is 30.5 Å². The number of amides is 1. The third-order valence-electron chi connectivity index (χ3n) is 9.24. The quantitative estimate of drug-likeness (QED) is 0.185. The molecular formula is C36H39F8N3O4. The molecule has 0 saturated carbocycles. The van der Waals surface area contributed by atoms with Crippen LogP contribution in [-0.2, 0) is 28.4 Å². The Morgan fingerprint density at radius 3 is 2.06 bits per heavy atom. The molecule has 0 spiro atoms. The molecule has 3 aromatic rings. The van der Waals surface area contributed by atoms with E-state index in [2.05, 4.69) is 5.32 Å². The average Bonchev–Trinajstić information content (AvgIpc) is 2.97. The van der Waals surface area contributed by atoms with Gasteiger partial charge in [-0.25, -0.2) is 8.78 Å². The number of hydrogen-bond donors (Lipinski definition) is 2. The SMILES string of the molecule is Cc1ccc(C)c(-c2cc(C(F)(F)F)c(F)c(C(CC(=O)O)NC(=O)C(CC(C)C)n3cc(CCN4CCC4)c(C(F)(F)F)cc3=O)c2F)c1C. The lowest BCUT2D eigenvalue weighted by Gasteiger charge is -2.31. The van der Waals surface area contributed by atoms with Crippen molar-refractivity contribution in [3.8, 4) is 11.1 Å². The highest BCUT2D eigenvalue weighted by Gasteiger charge is 2.41. The van der Waals surface area contributed by atoms with E-state index in [1.807, 2.05) is 4.90 Å².